The minimum atomic E-state index is -0.232. The number of imide groups is 1. The molecule has 0 unspecified atom stereocenters. The maximum atomic E-state index is 12.5. The van der Waals surface area contributed by atoms with Gasteiger partial charge in [-0.1, -0.05) is 0 Å². The van der Waals surface area contributed by atoms with E-state index < -0.39 is 0 Å². The zero-order valence-electron chi connectivity index (χ0n) is 16.5. The molecule has 150 valence electrons. The number of quaternary nitrogens is 1. The second-order valence-corrected chi connectivity index (χ2v) is 7.49. The van der Waals surface area contributed by atoms with Gasteiger partial charge < -0.3 is 9.80 Å². The average Bonchev–Trinajstić information content (AvgIpc) is 3.07. The fourth-order valence-electron chi connectivity index (χ4n) is 4.23. The summed E-state index contributed by atoms with van der Waals surface area (Å²) in [5, 5.41) is 0. The van der Waals surface area contributed by atoms with Gasteiger partial charge in [0.2, 0.25) is 5.91 Å². The highest BCUT2D eigenvalue weighted by Gasteiger charge is 2.44. The highest BCUT2D eigenvalue weighted by atomic mass is 16.2. The predicted octanol–water partition coefficient (Wildman–Crippen LogP) is 0.165. The van der Waals surface area contributed by atoms with Gasteiger partial charge in [0.15, 0.2) is 11.8 Å². The van der Waals surface area contributed by atoms with E-state index >= 15 is 0 Å². The van der Waals surface area contributed by atoms with E-state index in [-0.39, 0.29) is 23.6 Å². The number of likely N-dealkylation sites (tertiary alicyclic amines) is 1. The van der Waals surface area contributed by atoms with Gasteiger partial charge in [-0.2, -0.15) is 0 Å². The second-order valence-electron chi connectivity index (χ2n) is 7.49. The van der Waals surface area contributed by atoms with Crippen LogP contribution in [0.25, 0.3) is 0 Å². The number of hydrogen-bond donors (Lipinski definition) is 1. The quantitative estimate of drug-likeness (QED) is 0.579. The first kappa shape index (κ1) is 19.3. The lowest BCUT2D eigenvalue weighted by atomic mass is 10.0. The molecule has 0 spiro atoms. The number of pyridine rings is 1. The van der Waals surface area contributed by atoms with Crippen molar-refractivity contribution < 1.29 is 19.3 Å². The van der Waals surface area contributed by atoms with Crippen molar-refractivity contribution >= 4 is 23.3 Å². The largest absolute Gasteiger partial charge is 0.360 e. The predicted molar refractivity (Wildman–Crippen MR) is 108 cm³/mol. The van der Waals surface area contributed by atoms with Gasteiger partial charge in [-0.15, -0.1) is 0 Å². The number of likely N-dealkylation sites (N-methyl/N-ethyl adjacent to an activating group) is 1. The molecule has 0 saturated carbocycles. The second kappa shape index (κ2) is 8.13. The standard InChI is InChI=1S/C22H24N4O3/c1-2-26-20(27)15-19(22(26)29)25-13-11-24(12-14-25)18-5-3-16(4-6-18)21(28)17-7-9-23-10-8-17/h3-10,19H,2,11-15H2,1H3/p+1/t19-/m0/s1. The molecule has 7 nitrogen and oxygen atoms in total. The Labute approximate surface area is 169 Å². The number of amides is 2. The molecule has 2 aliphatic heterocycles. The first-order chi connectivity index (χ1) is 14.1. The Hall–Kier alpha value is -3.06. The Morgan fingerprint density at radius 2 is 1.66 bits per heavy atom. The first-order valence-corrected chi connectivity index (χ1v) is 10.1. The van der Waals surface area contributed by atoms with Crippen LogP contribution in [-0.4, -0.2) is 66.2 Å². The van der Waals surface area contributed by atoms with E-state index in [2.05, 4.69) is 9.88 Å². The zero-order chi connectivity index (χ0) is 20.4. The molecule has 3 heterocycles. The van der Waals surface area contributed by atoms with Gasteiger partial charge in [-0.05, 0) is 43.3 Å². The summed E-state index contributed by atoms with van der Waals surface area (Å²) in [6.07, 6.45) is 3.56. The number of carbonyl (C=O) groups is 3. The Morgan fingerprint density at radius 3 is 2.24 bits per heavy atom. The maximum Gasteiger partial charge on any atom is 0.288 e. The lowest BCUT2D eigenvalue weighted by Crippen LogP contribution is -3.19. The summed E-state index contributed by atoms with van der Waals surface area (Å²) >= 11 is 0. The molecule has 0 aliphatic carbocycles. The van der Waals surface area contributed by atoms with Gasteiger partial charge in [0, 0.05) is 35.8 Å². The maximum absolute atomic E-state index is 12.5. The van der Waals surface area contributed by atoms with Crippen LogP contribution in [0.5, 0.6) is 0 Å². The molecule has 29 heavy (non-hydrogen) atoms. The third kappa shape index (κ3) is 3.78. The molecule has 0 bridgehead atoms. The van der Waals surface area contributed by atoms with Crippen molar-refractivity contribution in [2.75, 3.05) is 37.6 Å². The van der Waals surface area contributed by atoms with Crippen LogP contribution in [0, 0.1) is 0 Å². The number of benzene rings is 1. The van der Waals surface area contributed by atoms with Crippen LogP contribution in [0.1, 0.15) is 29.3 Å². The van der Waals surface area contributed by atoms with Gasteiger partial charge in [0.1, 0.15) is 0 Å². The van der Waals surface area contributed by atoms with E-state index in [1.54, 1.807) is 24.5 Å². The van der Waals surface area contributed by atoms with Crippen LogP contribution < -0.4 is 9.80 Å². The van der Waals surface area contributed by atoms with Crippen molar-refractivity contribution in [3.05, 3.63) is 59.9 Å². The van der Waals surface area contributed by atoms with Gasteiger partial charge in [0.05, 0.1) is 32.6 Å². The molecule has 1 aromatic heterocycles. The average molecular weight is 393 g/mol. The van der Waals surface area contributed by atoms with Crippen molar-refractivity contribution in [2.45, 2.75) is 19.4 Å². The van der Waals surface area contributed by atoms with Crippen LogP contribution in [0.3, 0.4) is 0 Å². The van der Waals surface area contributed by atoms with E-state index in [4.69, 9.17) is 0 Å². The van der Waals surface area contributed by atoms with Crippen molar-refractivity contribution in [3.63, 3.8) is 0 Å². The summed E-state index contributed by atoms with van der Waals surface area (Å²) < 4.78 is 0. The normalized spacial score (nSPS) is 20.4. The van der Waals surface area contributed by atoms with Crippen LogP contribution in [-0.2, 0) is 9.59 Å². The molecule has 2 aromatic rings. The molecular weight excluding hydrogens is 368 g/mol. The number of anilines is 1. The molecule has 7 heteroatoms. The summed E-state index contributed by atoms with van der Waals surface area (Å²) in [7, 11) is 0. The monoisotopic (exact) mass is 393 g/mol. The number of rotatable bonds is 5. The van der Waals surface area contributed by atoms with Crippen molar-refractivity contribution in [3.8, 4) is 0 Å². The van der Waals surface area contributed by atoms with E-state index in [0.717, 1.165) is 31.9 Å². The minimum Gasteiger partial charge on any atom is -0.360 e. The molecule has 0 radical (unpaired) electrons. The Morgan fingerprint density at radius 1 is 1.03 bits per heavy atom. The Bertz CT molecular complexity index is 905. The number of piperazine rings is 1. The van der Waals surface area contributed by atoms with Gasteiger partial charge in [-0.3, -0.25) is 24.3 Å². The lowest BCUT2D eigenvalue weighted by Gasteiger charge is -2.35. The van der Waals surface area contributed by atoms with Crippen molar-refractivity contribution in [1.29, 1.82) is 0 Å². The topological polar surface area (TPSA) is 75.0 Å². The van der Waals surface area contributed by atoms with Crippen LogP contribution in [0.2, 0.25) is 0 Å². The fourth-order valence-corrected chi connectivity index (χ4v) is 4.23. The lowest BCUT2D eigenvalue weighted by molar-refractivity contribution is -0.915. The summed E-state index contributed by atoms with van der Waals surface area (Å²) in [5.74, 6) is -0.0927. The summed E-state index contributed by atoms with van der Waals surface area (Å²) in [6, 6.07) is 10.9. The molecule has 2 amide bonds. The number of hydrogen-bond acceptors (Lipinski definition) is 5. The summed E-state index contributed by atoms with van der Waals surface area (Å²) in [5.41, 5.74) is 2.35. The molecular formula is C22H25N4O3+. The molecule has 2 aliphatic rings. The highest BCUT2D eigenvalue weighted by molar-refractivity contribution is 6.09. The minimum absolute atomic E-state index is 0.0156. The zero-order valence-corrected chi connectivity index (χ0v) is 16.5. The number of aromatic nitrogens is 1. The Balaban J connectivity index is 1.37. The number of nitrogens with one attached hydrogen (secondary N) is 1. The summed E-state index contributed by atoms with van der Waals surface area (Å²) in [4.78, 5) is 45.8. The summed E-state index contributed by atoms with van der Waals surface area (Å²) in [6.45, 7) is 5.57. The smallest absolute Gasteiger partial charge is 0.288 e. The van der Waals surface area contributed by atoms with Crippen molar-refractivity contribution in [2.24, 2.45) is 0 Å². The molecule has 1 aromatic carbocycles. The van der Waals surface area contributed by atoms with E-state index in [1.165, 1.54) is 9.80 Å². The third-order valence-corrected chi connectivity index (χ3v) is 5.90. The Kier molecular flexibility index (Phi) is 5.40. The number of ketones is 1. The van der Waals surface area contributed by atoms with Crippen LogP contribution in [0.4, 0.5) is 5.69 Å². The van der Waals surface area contributed by atoms with Crippen molar-refractivity contribution in [1.82, 2.24) is 9.88 Å². The van der Waals surface area contributed by atoms with Crippen LogP contribution in [0.15, 0.2) is 48.8 Å². The number of carbonyl (C=O) groups excluding carboxylic acids is 3. The van der Waals surface area contributed by atoms with E-state index in [9.17, 15) is 14.4 Å². The van der Waals surface area contributed by atoms with E-state index in [0.29, 0.717) is 24.1 Å². The van der Waals surface area contributed by atoms with Gasteiger partial charge in [-0.25, -0.2) is 0 Å². The third-order valence-electron chi connectivity index (χ3n) is 5.90. The molecule has 4 rings (SSSR count). The molecule has 2 fully saturated rings. The van der Waals surface area contributed by atoms with Gasteiger partial charge >= 0.3 is 0 Å². The van der Waals surface area contributed by atoms with Gasteiger partial charge in [0.25, 0.3) is 5.91 Å². The van der Waals surface area contributed by atoms with Crippen LogP contribution >= 0.6 is 0 Å². The molecule has 1 atom stereocenters. The molecule has 2 saturated heterocycles. The first-order valence-electron chi connectivity index (χ1n) is 10.1. The fraction of sp³-hybridized carbons (Fsp3) is 0.364. The molecule has 1 N–H and O–H groups in total. The van der Waals surface area contributed by atoms with E-state index in [1.807, 2.05) is 31.2 Å². The number of nitrogens with zero attached hydrogens (tertiary/aromatic N) is 3. The highest BCUT2D eigenvalue weighted by Crippen LogP contribution is 2.18. The SMILES string of the molecule is CCN1C(=O)C[C@H]([NH+]2CCN(c3ccc(C(=O)c4ccncc4)cc3)CC2)C1=O.